The Kier molecular flexibility index (Phi) is 4.26. The van der Waals surface area contributed by atoms with Crippen LogP contribution in [0, 0.1) is 5.41 Å². The fraction of sp³-hybridized carbons (Fsp3) is 0.909. The van der Waals surface area contributed by atoms with Crippen molar-refractivity contribution in [3.05, 3.63) is 0 Å². The van der Waals surface area contributed by atoms with Crippen LogP contribution < -0.4 is 4.72 Å². The second kappa shape index (κ2) is 4.94. The molecule has 0 aromatic heterocycles. The lowest BCUT2D eigenvalue weighted by atomic mass is 9.81. The van der Waals surface area contributed by atoms with Gasteiger partial charge >= 0.3 is 0 Å². The lowest BCUT2D eigenvalue weighted by Crippen LogP contribution is -2.57. The maximum Gasteiger partial charge on any atom is 0.0976 e. The van der Waals surface area contributed by atoms with Crippen LogP contribution in [0.1, 0.15) is 27.7 Å². The summed E-state index contributed by atoms with van der Waals surface area (Å²) in [6, 6.07) is 0.00584. The molecular formula is C11H22N2O2S. The maximum absolute atomic E-state index is 12.0. The minimum absolute atomic E-state index is 0.00584. The molecule has 1 aliphatic rings. The van der Waals surface area contributed by atoms with Gasteiger partial charge in [0.25, 0.3) is 0 Å². The quantitative estimate of drug-likeness (QED) is 0.756. The first-order valence-corrected chi connectivity index (χ1v) is 6.63. The molecule has 0 amide bonds. The van der Waals surface area contributed by atoms with Crippen LogP contribution in [0.15, 0.2) is 4.99 Å². The summed E-state index contributed by atoms with van der Waals surface area (Å²) in [6.07, 6.45) is 1.83. The molecule has 1 N–H and O–H groups in total. The molecule has 0 saturated carbocycles. The van der Waals surface area contributed by atoms with Gasteiger partial charge in [-0.05, 0) is 20.8 Å². The molecule has 0 bridgehead atoms. The normalized spacial score (nSPS) is 24.1. The molecular weight excluding hydrogens is 224 g/mol. The molecule has 0 aromatic carbocycles. The predicted molar refractivity (Wildman–Crippen MR) is 68.2 cm³/mol. The summed E-state index contributed by atoms with van der Waals surface area (Å²) in [4.78, 5) is 4.04. The Morgan fingerprint density at radius 1 is 1.50 bits per heavy atom. The van der Waals surface area contributed by atoms with Crippen molar-refractivity contribution in [3.8, 4) is 0 Å². The topological polar surface area (TPSA) is 50.7 Å². The van der Waals surface area contributed by atoms with Crippen LogP contribution in [0.25, 0.3) is 0 Å². The van der Waals surface area contributed by atoms with Gasteiger partial charge in [-0.25, -0.2) is 8.93 Å². The lowest BCUT2D eigenvalue weighted by Gasteiger charge is -2.43. The molecule has 0 aliphatic carbocycles. The first-order valence-electron chi connectivity index (χ1n) is 5.48. The van der Waals surface area contributed by atoms with Crippen molar-refractivity contribution < 1.29 is 8.95 Å². The van der Waals surface area contributed by atoms with Crippen LogP contribution in [0.5, 0.6) is 0 Å². The van der Waals surface area contributed by atoms with Gasteiger partial charge < -0.3 is 4.74 Å². The minimum Gasteiger partial charge on any atom is -0.380 e. The molecule has 0 spiro atoms. The zero-order valence-electron chi connectivity index (χ0n) is 10.7. The number of nitrogens with zero attached hydrogens (tertiary/aromatic N) is 1. The third-order valence-electron chi connectivity index (χ3n) is 2.70. The second-order valence-corrected chi connectivity index (χ2v) is 7.53. The van der Waals surface area contributed by atoms with Crippen molar-refractivity contribution >= 4 is 17.2 Å². The number of ether oxygens (including phenoxy) is 1. The largest absolute Gasteiger partial charge is 0.380 e. The van der Waals surface area contributed by atoms with Gasteiger partial charge in [0.1, 0.15) is 0 Å². The van der Waals surface area contributed by atoms with Crippen LogP contribution in [-0.2, 0) is 15.7 Å². The van der Waals surface area contributed by atoms with E-state index in [0.29, 0.717) is 13.2 Å². The van der Waals surface area contributed by atoms with E-state index in [-0.39, 0.29) is 16.2 Å². The summed E-state index contributed by atoms with van der Waals surface area (Å²) in [5, 5.41) is 0. The third kappa shape index (κ3) is 3.12. The molecule has 94 valence electrons. The Labute approximate surface area is 100 Å². The molecule has 4 nitrogen and oxygen atoms in total. The summed E-state index contributed by atoms with van der Waals surface area (Å²) >= 11 is 0. The summed E-state index contributed by atoms with van der Waals surface area (Å²) in [6.45, 7) is 9.37. The van der Waals surface area contributed by atoms with Crippen LogP contribution in [0.3, 0.4) is 0 Å². The molecule has 1 fully saturated rings. The van der Waals surface area contributed by atoms with E-state index in [0.717, 1.165) is 0 Å². The zero-order valence-corrected chi connectivity index (χ0v) is 11.6. The molecule has 1 heterocycles. The van der Waals surface area contributed by atoms with E-state index in [1.165, 1.54) is 0 Å². The zero-order chi connectivity index (χ0) is 12.4. The van der Waals surface area contributed by atoms with E-state index in [4.69, 9.17) is 4.74 Å². The second-order valence-electron chi connectivity index (χ2n) is 5.53. The van der Waals surface area contributed by atoms with Gasteiger partial charge in [-0.15, -0.1) is 0 Å². The SMILES string of the molecule is CN=CC(NS(=O)C(C)(C)C)C1(C)COC1. The first-order chi connectivity index (χ1) is 7.29. The van der Waals surface area contributed by atoms with Gasteiger partial charge in [-0.1, -0.05) is 6.92 Å². The van der Waals surface area contributed by atoms with Gasteiger partial charge in [-0.2, -0.15) is 0 Å². The van der Waals surface area contributed by atoms with Gasteiger partial charge in [0, 0.05) is 18.7 Å². The molecule has 16 heavy (non-hydrogen) atoms. The monoisotopic (exact) mass is 246 g/mol. The summed E-state index contributed by atoms with van der Waals surface area (Å²) in [7, 11) is 0.654. The van der Waals surface area contributed by atoms with Crippen molar-refractivity contribution in [3.63, 3.8) is 0 Å². The standard InChI is InChI=1S/C11H22N2O2S/c1-10(2,3)16(14)13-9(6-12-5)11(4)7-15-8-11/h6,9,13H,7-8H2,1-5H3. The molecule has 5 heteroatoms. The minimum atomic E-state index is -1.08. The van der Waals surface area contributed by atoms with E-state index < -0.39 is 11.0 Å². The Morgan fingerprint density at radius 2 is 2.06 bits per heavy atom. The Morgan fingerprint density at radius 3 is 2.38 bits per heavy atom. The van der Waals surface area contributed by atoms with Crippen molar-refractivity contribution in [1.29, 1.82) is 0 Å². The lowest BCUT2D eigenvalue weighted by molar-refractivity contribution is -0.105. The van der Waals surface area contributed by atoms with Crippen molar-refractivity contribution in [2.45, 2.75) is 38.5 Å². The molecule has 0 radical (unpaired) electrons. The van der Waals surface area contributed by atoms with Crippen LogP contribution in [0.2, 0.25) is 0 Å². The van der Waals surface area contributed by atoms with Crippen LogP contribution >= 0.6 is 0 Å². The summed E-state index contributed by atoms with van der Waals surface area (Å²) in [5.41, 5.74) is 0.0143. The molecule has 2 atom stereocenters. The first kappa shape index (κ1) is 13.8. The fourth-order valence-electron chi connectivity index (χ4n) is 1.40. The van der Waals surface area contributed by atoms with E-state index in [9.17, 15) is 4.21 Å². The highest BCUT2D eigenvalue weighted by Gasteiger charge is 2.42. The van der Waals surface area contributed by atoms with Gasteiger partial charge in [-0.3, -0.25) is 4.99 Å². The molecule has 1 aliphatic heterocycles. The van der Waals surface area contributed by atoms with Crippen LogP contribution in [-0.4, -0.2) is 41.5 Å². The van der Waals surface area contributed by atoms with Crippen LogP contribution in [0.4, 0.5) is 0 Å². The third-order valence-corrected chi connectivity index (χ3v) is 4.28. The highest BCUT2D eigenvalue weighted by molar-refractivity contribution is 7.84. The smallest absolute Gasteiger partial charge is 0.0976 e. The van der Waals surface area contributed by atoms with Gasteiger partial charge in [0.05, 0.1) is 35.0 Å². The predicted octanol–water partition coefficient (Wildman–Crippen LogP) is 1.14. The Hall–Kier alpha value is -0.260. The van der Waals surface area contributed by atoms with E-state index in [1.54, 1.807) is 7.05 Å². The van der Waals surface area contributed by atoms with Crippen molar-refractivity contribution in [2.75, 3.05) is 20.3 Å². The number of hydrogen-bond acceptors (Lipinski definition) is 3. The average molecular weight is 246 g/mol. The maximum atomic E-state index is 12.0. The highest BCUT2D eigenvalue weighted by atomic mass is 32.2. The van der Waals surface area contributed by atoms with E-state index >= 15 is 0 Å². The van der Waals surface area contributed by atoms with Gasteiger partial charge in [0.2, 0.25) is 0 Å². The van der Waals surface area contributed by atoms with E-state index in [1.807, 2.05) is 27.0 Å². The fourth-order valence-corrected chi connectivity index (χ4v) is 2.33. The Bertz CT molecular complexity index is 293. The number of aliphatic imine (C=N–C) groups is 1. The number of rotatable bonds is 4. The van der Waals surface area contributed by atoms with Gasteiger partial charge in [0.15, 0.2) is 0 Å². The molecule has 1 rings (SSSR count). The Balaban J connectivity index is 2.69. The highest BCUT2D eigenvalue weighted by Crippen LogP contribution is 2.30. The molecule has 0 aromatic rings. The molecule has 1 saturated heterocycles. The van der Waals surface area contributed by atoms with Crippen molar-refractivity contribution in [1.82, 2.24) is 4.72 Å². The van der Waals surface area contributed by atoms with Crippen molar-refractivity contribution in [2.24, 2.45) is 10.4 Å². The van der Waals surface area contributed by atoms with E-state index in [2.05, 4.69) is 16.6 Å². The summed E-state index contributed by atoms with van der Waals surface area (Å²) < 4.78 is 20.1. The molecule has 2 unspecified atom stereocenters. The average Bonchev–Trinajstić information content (AvgIpc) is 2.12. The number of nitrogens with one attached hydrogen (secondary N) is 1. The summed E-state index contributed by atoms with van der Waals surface area (Å²) in [5.74, 6) is 0. The number of hydrogen-bond donors (Lipinski definition) is 1.